The third-order valence-corrected chi connectivity index (χ3v) is 1.84. The van der Waals surface area contributed by atoms with Crippen LogP contribution in [0.3, 0.4) is 0 Å². The molecule has 1 heterocycles. The van der Waals surface area contributed by atoms with E-state index in [1.807, 2.05) is 12.1 Å². The molecular formula is C10H14N2O2. The van der Waals surface area contributed by atoms with Gasteiger partial charge in [-0.2, -0.15) is 0 Å². The number of aliphatic carboxylic acids is 1. The molecule has 4 nitrogen and oxygen atoms in total. The second-order valence-corrected chi connectivity index (χ2v) is 3.03. The van der Waals surface area contributed by atoms with E-state index in [9.17, 15) is 4.79 Å². The molecular weight excluding hydrogens is 180 g/mol. The highest BCUT2D eigenvalue weighted by Gasteiger charge is 1.95. The Morgan fingerprint density at radius 1 is 1.43 bits per heavy atom. The number of nitrogens with zero attached hydrogens (tertiary/aromatic N) is 1. The van der Waals surface area contributed by atoms with Crippen molar-refractivity contribution < 1.29 is 9.90 Å². The highest BCUT2D eigenvalue weighted by molar-refractivity contribution is 5.68. The molecule has 0 radical (unpaired) electrons. The number of hydrogen-bond donors (Lipinski definition) is 2. The van der Waals surface area contributed by atoms with Crippen LogP contribution in [-0.4, -0.2) is 29.1 Å². The second-order valence-electron chi connectivity index (χ2n) is 3.03. The monoisotopic (exact) mass is 194 g/mol. The maximum atomic E-state index is 10.2. The first-order chi connectivity index (χ1) is 6.79. The average Bonchev–Trinajstić information content (AvgIpc) is 2.18. The lowest BCUT2D eigenvalue weighted by molar-refractivity contribution is -0.135. The Kier molecular flexibility index (Phi) is 4.64. The van der Waals surface area contributed by atoms with Gasteiger partial charge in [0.25, 0.3) is 0 Å². The summed E-state index contributed by atoms with van der Waals surface area (Å²) in [4.78, 5) is 14.1. The summed E-state index contributed by atoms with van der Waals surface area (Å²) in [5.41, 5.74) is 1.23. The van der Waals surface area contributed by atoms with Gasteiger partial charge >= 0.3 is 5.97 Å². The zero-order chi connectivity index (χ0) is 10.2. The van der Waals surface area contributed by atoms with Gasteiger partial charge in [-0.3, -0.25) is 9.78 Å². The second kappa shape index (κ2) is 6.10. The predicted molar refractivity (Wildman–Crippen MR) is 53.1 cm³/mol. The molecule has 1 rings (SSSR count). The van der Waals surface area contributed by atoms with Gasteiger partial charge in [0.15, 0.2) is 0 Å². The Morgan fingerprint density at radius 2 is 2.14 bits per heavy atom. The minimum atomic E-state index is -0.811. The number of hydrogen-bond acceptors (Lipinski definition) is 3. The smallest absolute Gasteiger partial charge is 0.317 e. The number of carbonyl (C=O) groups is 1. The van der Waals surface area contributed by atoms with Crippen molar-refractivity contribution in [1.29, 1.82) is 0 Å². The molecule has 0 amide bonds. The first kappa shape index (κ1) is 10.7. The molecule has 0 aliphatic rings. The molecule has 0 aromatic carbocycles. The van der Waals surface area contributed by atoms with Crippen LogP contribution in [0, 0.1) is 0 Å². The lowest BCUT2D eigenvalue weighted by Crippen LogP contribution is -2.23. The van der Waals surface area contributed by atoms with Gasteiger partial charge in [0.05, 0.1) is 6.54 Å². The van der Waals surface area contributed by atoms with Gasteiger partial charge in [0.2, 0.25) is 0 Å². The quantitative estimate of drug-likeness (QED) is 0.654. The molecule has 0 fully saturated rings. The summed E-state index contributed by atoms with van der Waals surface area (Å²) in [6, 6.07) is 3.94. The van der Waals surface area contributed by atoms with Gasteiger partial charge in [0.1, 0.15) is 0 Å². The molecule has 1 aromatic heterocycles. The van der Waals surface area contributed by atoms with E-state index < -0.39 is 5.97 Å². The number of carboxylic acid groups (broad SMARTS) is 1. The number of aryl methyl sites for hydroxylation is 1. The predicted octanol–water partition coefficient (Wildman–Crippen LogP) is 0.688. The molecule has 1 aromatic rings. The van der Waals surface area contributed by atoms with E-state index in [1.165, 1.54) is 5.56 Å². The van der Waals surface area contributed by atoms with Crippen LogP contribution in [0.1, 0.15) is 12.0 Å². The summed E-state index contributed by atoms with van der Waals surface area (Å²) >= 11 is 0. The molecule has 0 bridgehead atoms. The fourth-order valence-corrected chi connectivity index (χ4v) is 1.16. The highest BCUT2D eigenvalue weighted by Crippen LogP contribution is 1.99. The van der Waals surface area contributed by atoms with Crippen molar-refractivity contribution in [1.82, 2.24) is 10.3 Å². The first-order valence-electron chi connectivity index (χ1n) is 4.60. The molecule has 4 heteroatoms. The van der Waals surface area contributed by atoms with Crippen LogP contribution < -0.4 is 5.32 Å². The summed E-state index contributed by atoms with van der Waals surface area (Å²) in [6.45, 7) is 0.769. The zero-order valence-corrected chi connectivity index (χ0v) is 7.94. The van der Waals surface area contributed by atoms with Crippen LogP contribution in [-0.2, 0) is 11.2 Å². The van der Waals surface area contributed by atoms with E-state index in [2.05, 4.69) is 10.3 Å². The summed E-state index contributed by atoms with van der Waals surface area (Å²) in [6.07, 6.45) is 5.42. The maximum Gasteiger partial charge on any atom is 0.317 e. The van der Waals surface area contributed by atoms with Crippen LogP contribution in [0.4, 0.5) is 0 Å². The van der Waals surface area contributed by atoms with E-state index in [4.69, 9.17) is 5.11 Å². The molecule has 0 saturated heterocycles. The molecule has 0 unspecified atom stereocenters. The van der Waals surface area contributed by atoms with Crippen molar-refractivity contribution in [3.8, 4) is 0 Å². The van der Waals surface area contributed by atoms with E-state index in [0.717, 1.165) is 19.4 Å². The Labute approximate surface area is 83.0 Å². The van der Waals surface area contributed by atoms with Crippen LogP contribution in [0.25, 0.3) is 0 Å². The van der Waals surface area contributed by atoms with E-state index in [-0.39, 0.29) is 6.54 Å². The van der Waals surface area contributed by atoms with Crippen molar-refractivity contribution in [3.05, 3.63) is 30.1 Å². The lowest BCUT2D eigenvalue weighted by Gasteiger charge is -2.01. The van der Waals surface area contributed by atoms with Gasteiger partial charge in [-0.1, -0.05) is 0 Å². The molecule has 76 valence electrons. The molecule has 0 atom stereocenters. The van der Waals surface area contributed by atoms with Gasteiger partial charge in [-0.05, 0) is 37.1 Å². The molecule has 0 spiro atoms. The Morgan fingerprint density at radius 3 is 2.79 bits per heavy atom. The topological polar surface area (TPSA) is 62.2 Å². The van der Waals surface area contributed by atoms with Gasteiger partial charge < -0.3 is 10.4 Å². The standard InChI is InChI=1S/C10H14N2O2/c13-10(14)8-12-5-1-2-9-3-6-11-7-4-9/h3-4,6-7,12H,1-2,5,8H2,(H,13,14). The van der Waals surface area contributed by atoms with Gasteiger partial charge in [-0.15, -0.1) is 0 Å². The average molecular weight is 194 g/mol. The third-order valence-electron chi connectivity index (χ3n) is 1.84. The maximum absolute atomic E-state index is 10.2. The van der Waals surface area contributed by atoms with Crippen molar-refractivity contribution in [3.63, 3.8) is 0 Å². The van der Waals surface area contributed by atoms with Crippen molar-refractivity contribution in [2.75, 3.05) is 13.1 Å². The van der Waals surface area contributed by atoms with Crippen molar-refractivity contribution in [2.45, 2.75) is 12.8 Å². The van der Waals surface area contributed by atoms with E-state index >= 15 is 0 Å². The number of pyridine rings is 1. The van der Waals surface area contributed by atoms with Gasteiger partial charge in [-0.25, -0.2) is 0 Å². The number of rotatable bonds is 6. The van der Waals surface area contributed by atoms with Crippen molar-refractivity contribution in [2.24, 2.45) is 0 Å². The van der Waals surface area contributed by atoms with E-state index in [1.54, 1.807) is 12.4 Å². The van der Waals surface area contributed by atoms with Gasteiger partial charge in [0, 0.05) is 12.4 Å². The summed E-state index contributed by atoms with van der Waals surface area (Å²) < 4.78 is 0. The van der Waals surface area contributed by atoms with Crippen LogP contribution in [0.5, 0.6) is 0 Å². The lowest BCUT2D eigenvalue weighted by atomic mass is 10.1. The number of carboxylic acids is 1. The number of aromatic nitrogens is 1. The largest absolute Gasteiger partial charge is 0.480 e. The number of nitrogens with one attached hydrogen (secondary N) is 1. The third kappa shape index (κ3) is 4.57. The summed E-state index contributed by atoms with van der Waals surface area (Å²) in [5.74, 6) is -0.811. The first-order valence-corrected chi connectivity index (χ1v) is 4.60. The molecule has 2 N–H and O–H groups in total. The van der Waals surface area contributed by atoms with E-state index in [0.29, 0.717) is 0 Å². The Hall–Kier alpha value is -1.42. The Bertz CT molecular complexity index is 275. The highest BCUT2D eigenvalue weighted by atomic mass is 16.4. The van der Waals surface area contributed by atoms with Crippen LogP contribution in [0.15, 0.2) is 24.5 Å². The minimum absolute atomic E-state index is 0.0380. The summed E-state index contributed by atoms with van der Waals surface area (Å²) in [5, 5.41) is 11.2. The molecule has 0 aliphatic heterocycles. The normalized spacial score (nSPS) is 10.0. The molecule has 0 saturated carbocycles. The van der Waals surface area contributed by atoms with Crippen molar-refractivity contribution >= 4 is 5.97 Å². The molecule has 0 aliphatic carbocycles. The van der Waals surface area contributed by atoms with Crippen LogP contribution in [0.2, 0.25) is 0 Å². The minimum Gasteiger partial charge on any atom is -0.480 e. The molecule has 14 heavy (non-hydrogen) atoms. The van der Waals surface area contributed by atoms with Crippen LogP contribution >= 0.6 is 0 Å². The SMILES string of the molecule is O=C(O)CNCCCc1ccncc1. The zero-order valence-electron chi connectivity index (χ0n) is 7.94. The summed E-state index contributed by atoms with van der Waals surface area (Å²) in [7, 11) is 0. The Balaban J connectivity index is 2.08. The fraction of sp³-hybridized carbons (Fsp3) is 0.400. The fourth-order valence-electron chi connectivity index (χ4n) is 1.16.